The molecule has 0 unspecified atom stereocenters. The first-order valence-electron chi connectivity index (χ1n) is 4.96. The van der Waals surface area contributed by atoms with E-state index in [2.05, 4.69) is 21.1 Å². The van der Waals surface area contributed by atoms with Crippen molar-refractivity contribution in [3.63, 3.8) is 0 Å². The van der Waals surface area contributed by atoms with E-state index in [0.717, 1.165) is 10.5 Å². The largest absolute Gasteiger partial charge is 0.870 e. The minimum Gasteiger partial charge on any atom is -0.870 e. The van der Waals surface area contributed by atoms with Crippen molar-refractivity contribution in [2.75, 3.05) is 27.7 Å². The van der Waals surface area contributed by atoms with Gasteiger partial charge in [0.1, 0.15) is 0 Å². The molecule has 0 amide bonds. The highest BCUT2D eigenvalue weighted by Gasteiger charge is 2.29. The molecule has 0 aromatic carbocycles. The summed E-state index contributed by atoms with van der Waals surface area (Å²) in [4.78, 5) is 0. The molecule has 0 aliphatic heterocycles. The van der Waals surface area contributed by atoms with Crippen LogP contribution in [0.1, 0.15) is 25.7 Å². The third-order valence-corrected chi connectivity index (χ3v) is 3.17. The zero-order valence-corrected chi connectivity index (χ0v) is 9.03. The number of hydrogen-bond donors (Lipinski definition) is 1. The highest BCUT2D eigenvalue weighted by atomic mass is 16.3. The van der Waals surface area contributed by atoms with Gasteiger partial charge in [-0.2, -0.15) is 0 Å². The molecular weight excluding hydrogens is 166 g/mol. The maximum atomic E-state index is 8.97. The lowest BCUT2D eigenvalue weighted by molar-refractivity contribution is -0.897. The minimum absolute atomic E-state index is 0. The van der Waals surface area contributed by atoms with Gasteiger partial charge < -0.3 is 15.1 Å². The molecule has 1 fully saturated rings. The fraction of sp³-hybridized carbons (Fsp3) is 1.00. The number of aliphatic hydroxyl groups excluding tert-OH is 1. The molecule has 80 valence electrons. The Bertz CT molecular complexity index is 134. The molecule has 1 aliphatic rings. The van der Waals surface area contributed by atoms with Crippen LogP contribution in [-0.2, 0) is 0 Å². The van der Waals surface area contributed by atoms with Gasteiger partial charge in [0.2, 0.25) is 0 Å². The van der Waals surface area contributed by atoms with E-state index in [1.54, 1.807) is 0 Å². The van der Waals surface area contributed by atoms with Gasteiger partial charge in [-0.1, -0.05) is 0 Å². The number of quaternary nitrogens is 1. The summed E-state index contributed by atoms with van der Waals surface area (Å²) in [5.41, 5.74) is 0. The predicted octanol–water partition coefficient (Wildman–Crippen LogP) is 1.07. The average Bonchev–Trinajstić information content (AvgIpc) is 2.03. The summed E-state index contributed by atoms with van der Waals surface area (Å²) in [6.45, 7) is 0.393. The summed E-state index contributed by atoms with van der Waals surface area (Å²) >= 11 is 0. The molecule has 1 aliphatic carbocycles. The third-order valence-electron chi connectivity index (χ3n) is 3.17. The summed E-state index contributed by atoms with van der Waals surface area (Å²) < 4.78 is 1.08. The topological polar surface area (TPSA) is 50.2 Å². The first-order valence-corrected chi connectivity index (χ1v) is 4.96. The highest BCUT2D eigenvalue weighted by molar-refractivity contribution is 4.71. The van der Waals surface area contributed by atoms with E-state index >= 15 is 0 Å². The van der Waals surface area contributed by atoms with Gasteiger partial charge in [-0.05, 0) is 31.6 Å². The van der Waals surface area contributed by atoms with Gasteiger partial charge in [0, 0.05) is 6.61 Å². The maximum Gasteiger partial charge on any atom is 0.0884 e. The summed E-state index contributed by atoms with van der Waals surface area (Å²) in [5.74, 6) is 0.591. The number of nitrogens with zero attached hydrogens (tertiary/aromatic N) is 1. The Balaban J connectivity index is 0.00000144. The van der Waals surface area contributed by atoms with E-state index in [4.69, 9.17) is 5.11 Å². The van der Waals surface area contributed by atoms with Crippen molar-refractivity contribution in [1.29, 1.82) is 0 Å². The fourth-order valence-corrected chi connectivity index (χ4v) is 2.10. The summed E-state index contributed by atoms with van der Waals surface area (Å²) in [6, 6.07) is 0.813. The van der Waals surface area contributed by atoms with E-state index in [-0.39, 0.29) is 5.48 Å². The molecular formula is C10H23NO2. The molecule has 0 saturated heterocycles. The van der Waals surface area contributed by atoms with Crippen LogP contribution in [0.25, 0.3) is 0 Å². The molecule has 0 heterocycles. The second-order valence-electron chi connectivity index (χ2n) is 4.97. The molecule has 13 heavy (non-hydrogen) atoms. The van der Waals surface area contributed by atoms with Gasteiger partial charge in [0.25, 0.3) is 0 Å². The van der Waals surface area contributed by atoms with E-state index < -0.39 is 0 Å². The van der Waals surface area contributed by atoms with Crippen molar-refractivity contribution in [3.05, 3.63) is 0 Å². The van der Waals surface area contributed by atoms with Gasteiger partial charge >= 0.3 is 0 Å². The molecule has 3 nitrogen and oxygen atoms in total. The van der Waals surface area contributed by atoms with Crippen LogP contribution >= 0.6 is 0 Å². The Morgan fingerprint density at radius 1 is 1.08 bits per heavy atom. The molecule has 0 aromatic heterocycles. The van der Waals surface area contributed by atoms with Crippen molar-refractivity contribution < 1.29 is 15.1 Å². The van der Waals surface area contributed by atoms with Crippen molar-refractivity contribution in [1.82, 2.24) is 0 Å². The second-order valence-corrected chi connectivity index (χ2v) is 4.97. The van der Waals surface area contributed by atoms with Crippen LogP contribution in [0.15, 0.2) is 0 Å². The van der Waals surface area contributed by atoms with E-state index in [9.17, 15) is 0 Å². The molecule has 0 radical (unpaired) electrons. The Morgan fingerprint density at radius 3 is 1.85 bits per heavy atom. The first kappa shape index (κ1) is 12.9. The van der Waals surface area contributed by atoms with Crippen LogP contribution in [-0.4, -0.2) is 48.9 Å². The van der Waals surface area contributed by atoms with Crippen LogP contribution in [0.5, 0.6) is 0 Å². The fourth-order valence-electron chi connectivity index (χ4n) is 2.10. The highest BCUT2D eigenvalue weighted by Crippen LogP contribution is 2.28. The average molecular weight is 189 g/mol. The number of rotatable bonds is 2. The maximum absolute atomic E-state index is 8.97. The van der Waals surface area contributed by atoms with Crippen LogP contribution in [0, 0.1) is 5.92 Å². The lowest BCUT2D eigenvalue weighted by Gasteiger charge is -2.38. The lowest BCUT2D eigenvalue weighted by Crippen LogP contribution is -2.47. The van der Waals surface area contributed by atoms with E-state index in [1.165, 1.54) is 25.7 Å². The Labute approximate surface area is 81.3 Å². The molecule has 0 atom stereocenters. The zero-order chi connectivity index (χ0) is 9.19. The number of aliphatic hydroxyl groups is 1. The van der Waals surface area contributed by atoms with Gasteiger partial charge in [0.05, 0.1) is 27.2 Å². The monoisotopic (exact) mass is 189 g/mol. The standard InChI is InChI=1S/C10H22NO.H2O/c1-11(2,3)10-6-4-9(8-12)5-7-10;/h9-10,12H,4-8H2,1-3H3;1H2/q+1;/p-1. The minimum atomic E-state index is 0. The van der Waals surface area contributed by atoms with Crippen LogP contribution in [0.3, 0.4) is 0 Å². The number of hydrogen-bond acceptors (Lipinski definition) is 2. The van der Waals surface area contributed by atoms with Crippen molar-refractivity contribution in [2.45, 2.75) is 31.7 Å². The third kappa shape index (κ3) is 3.63. The molecule has 0 spiro atoms. The van der Waals surface area contributed by atoms with Crippen LogP contribution < -0.4 is 0 Å². The van der Waals surface area contributed by atoms with E-state index in [1.807, 2.05) is 0 Å². The van der Waals surface area contributed by atoms with Gasteiger partial charge in [0.15, 0.2) is 0 Å². The Morgan fingerprint density at radius 2 is 1.54 bits per heavy atom. The molecule has 1 saturated carbocycles. The molecule has 3 heteroatoms. The predicted molar refractivity (Wildman–Crippen MR) is 52.8 cm³/mol. The van der Waals surface area contributed by atoms with E-state index in [0.29, 0.717) is 12.5 Å². The Kier molecular flexibility index (Phi) is 4.89. The Hall–Kier alpha value is -0.120. The van der Waals surface area contributed by atoms with Gasteiger partial charge in [-0.3, -0.25) is 0 Å². The van der Waals surface area contributed by atoms with Crippen molar-refractivity contribution >= 4 is 0 Å². The summed E-state index contributed by atoms with van der Waals surface area (Å²) in [5, 5.41) is 8.97. The molecule has 0 bridgehead atoms. The second kappa shape index (κ2) is 4.94. The normalized spacial score (nSPS) is 29.5. The van der Waals surface area contributed by atoms with Crippen molar-refractivity contribution in [3.8, 4) is 0 Å². The molecule has 1 rings (SSSR count). The SMILES string of the molecule is C[N+](C)(C)C1CCC(CO)CC1.[OH-]. The van der Waals surface area contributed by atoms with Crippen LogP contribution in [0.2, 0.25) is 0 Å². The van der Waals surface area contributed by atoms with Gasteiger partial charge in [-0.25, -0.2) is 0 Å². The zero-order valence-electron chi connectivity index (χ0n) is 9.03. The molecule has 0 aromatic rings. The van der Waals surface area contributed by atoms with Crippen LogP contribution in [0.4, 0.5) is 0 Å². The lowest BCUT2D eigenvalue weighted by atomic mass is 9.85. The summed E-state index contributed by atoms with van der Waals surface area (Å²) in [6.07, 6.45) is 5.01. The smallest absolute Gasteiger partial charge is 0.0884 e. The summed E-state index contributed by atoms with van der Waals surface area (Å²) in [7, 11) is 6.80. The van der Waals surface area contributed by atoms with Crippen molar-refractivity contribution in [2.24, 2.45) is 5.92 Å². The van der Waals surface area contributed by atoms with Gasteiger partial charge in [-0.15, -0.1) is 0 Å². The molecule has 2 N–H and O–H groups in total. The first-order chi connectivity index (χ1) is 5.54. The quantitative estimate of drug-likeness (QED) is 0.660.